The van der Waals surface area contributed by atoms with E-state index < -0.39 is 0 Å². The molecule has 19 heavy (non-hydrogen) atoms. The van der Waals surface area contributed by atoms with Gasteiger partial charge < -0.3 is 10.1 Å². The Kier molecular flexibility index (Phi) is 5.42. The van der Waals surface area contributed by atoms with Gasteiger partial charge in [-0.2, -0.15) is 5.10 Å². The van der Waals surface area contributed by atoms with E-state index in [4.69, 9.17) is 4.74 Å². The van der Waals surface area contributed by atoms with Crippen LogP contribution in [0.3, 0.4) is 0 Å². The third kappa shape index (κ3) is 3.20. The van der Waals surface area contributed by atoms with Crippen molar-refractivity contribution in [2.45, 2.75) is 51.1 Å². The van der Waals surface area contributed by atoms with Gasteiger partial charge in [0.2, 0.25) is 0 Å². The van der Waals surface area contributed by atoms with Crippen molar-refractivity contribution < 1.29 is 4.74 Å². The molecule has 0 aromatic carbocycles. The van der Waals surface area contributed by atoms with E-state index in [1.165, 1.54) is 31.4 Å². The number of nitrogens with one attached hydrogen (secondary N) is 1. The first-order valence-corrected chi connectivity index (χ1v) is 7.98. The summed E-state index contributed by atoms with van der Waals surface area (Å²) < 4.78 is 8.40. The van der Waals surface area contributed by atoms with Gasteiger partial charge in [-0.3, -0.25) is 4.68 Å². The zero-order valence-electron chi connectivity index (χ0n) is 11.9. The van der Waals surface area contributed by atoms with Crippen LogP contribution in [0.25, 0.3) is 0 Å². The van der Waals surface area contributed by atoms with Gasteiger partial charge in [0.1, 0.15) is 0 Å². The highest BCUT2D eigenvalue weighted by molar-refractivity contribution is 9.10. The SMILES string of the molecule is CCC1(c2c(Br)cnn2CCOC)CCCCCN1. The van der Waals surface area contributed by atoms with E-state index in [9.17, 15) is 0 Å². The van der Waals surface area contributed by atoms with E-state index in [2.05, 4.69) is 38.0 Å². The molecule has 2 rings (SSSR count). The Labute approximate surface area is 124 Å². The Bertz CT molecular complexity index is 397. The number of rotatable bonds is 5. The van der Waals surface area contributed by atoms with Crippen LogP contribution in [0.2, 0.25) is 0 Å². The zero-order valence-corrected chi connectivity index (χ0v) is 13.5. The molecule has 108 valence electrons. The predicted octanol–water partition coefficient (Wildman–Crippen LogP) is 3.06. The van der Waals surface area contributed by atoms with E-state index >= 15 is 0 Å². The molecule has 4 nitrogen and oxygen atoms in total. The zero-order chi connectivity index (χ0) is 13.7. The minimum absolute atomic E-state index is 0.0551. The summed E-state index contributed by atoms with van der Waals surface area (Å²) in [6.07, 6.45) is 8.05. The van der Waals surface area contributed by atoms with Crippen LogP contribution in [0.5, 0.6) is 0 Å². The number of methoxy groups -OCH3 is 1. The number of halogens is 1. The monoisotopic (exact) mass is 329 g/mol. The molecule has 0 spiro atoms. The van der Waals surface area contributed by atoms with Crippen LogP contribution < -0.4 is 5.32 Å². The maximum atomic E-state index is 5.19. The molecule has 1 aliphatic heterocycles. The van der Waals surface area contributed by atoms with Crippen molar-refractivity contribution in [1.82, 2.24) is 15.1 Å². The average molecular weight is 330 g/mol. The van der Waals surface area contributed by atoms with E-state index in [0.717, 1.165) is 24.0 Å². The lowest BCUT2D eigenvalue weighted by Crippen LogP contribution is -2.43. The number of hydrogen-bond acceptors (Lipinski definition) is 3. The van der Waals surface area contributed by atoms with Crippen LogP contribution >= 0.6 is 15.9 Å². The fraction of sp³-hybridized carbons (Fsp3) is 0.786. The van der Waals surface area contributed by atoms with Crippen molar-refractivity contribution in [2.24, 2.45) is 0 Å². The Morgan fingerprint density at radius 1 is 1.47 bits per heavy atom. The fourth-order valence-corrected chi connectivity index (χ4v) is 3.68. The molecule has 1 unspecified atom stereocenters. The third-order valence-electron chi connectivity index (χ3n) is 4.10. The maximum Gasteiger partial charge on any atom is 0.0727 e. The standard InChI is InChI=1S/C14H24BrN3O/c1-3-14(7-5-4-6-8-16-14)13-12(15)11-17-18(13)9-10-19-2/h11,16H,3-10H2,1-2H3. The molecule has 1 aliphatic rings. The Hall–Kier alpha value is -0.390. The number of nitrogens with zero attached hydrogens (tertiary/aromatic N) is 2. The molecule has 0 radical (unpaired) electrons. The molecular formula is C14H24BrN3O. The van der Waals surface area contributed by atoms with Crippen molar-refractivity contribution >= 4 is 15.9 Å². The van der Waals surface area contributed by atoms with Gasteiger partial charge in [0.15, 0.2) is 0 Å². The van der Waals surface area contributed by atoms with Crippen molar-refractivity contribution in [3.63, 3.8) is 0 Å². The minimum atomic E-state index is 0.0551. The van der Waals surface area contributed by atoms with E-state index in [1.54, 1.807) is 7.11 Å². The van der Waals surface area contributed by atoms with E-state index in [-0.39, 0.29) is 5.54 Å². The first-order valence-electron chi connectivity index (χ1n) is 7.19. The first kappa shape index (κ1) is 15.0. The summed E-state index contributed by atoms with van der Waals surface area (Å²) in [4.78, 5) is 0. The Balaban J connectivity index is 2.32. The fourth-order valence-electron chi connectivity index (χ4n) is 3.00. The number of hydrogen-bond donors (Lipinski definition) is 1. The highest BCUT2D eigenvalue weighted by Crippen LogP contribution is 2.37. The highest BCUT2D eigenvalue weighted by atomic mass is 79.9. The maximum absolute atomic E-state index is 5.19. The van der Waals surface area contributed by atoms with Crippen LogP contribution in [-0.2, 0) is 16.8 Å². The average Bonchev–Trinajstić information content (AvgIpc) is 2.66. The summed E-state index contributed by atoms with van der Waals surface area (Å²) in [7, 11) is 1.73. The van der Waals surface area contributed by atoms with E-state index in [0.29, 0.717) is 6.61 Å². The smallest absolute Gasteiger partial charge is 0.0727 e. The quantitative estimate of drug-likeness (QED) is 0.902. The summed E-state index contributed by atoms with van der Waals surface area (Å²) in [6, 6.07) is 0. The molecule has 0 aliphatic carbocycles. The molecule has 1 saturated heterocycles. The van der Waals surface area contributed by atoms with Gasteiger partial charge in [-0.05, 0) is 41.7 Å². The van der Waals surface area contributed by atoms with Gasteiger partial charge in [0.25, 0.3) is 0 Å². The summed E-state index contributed by atoms with van der Waals surface area (Å²) in [6.45, 7) is 4.86. The van der Waals surface area contributed by atoms with Crippen molar-refractivity contribution in [1.29, 1.82) is 0 Å². The largest absolute Gasteiger partial charge is 0.383 e. The number of aromatic nitrogens is 2. The normalized spacial score (nSPS) is 24.4. The summed E-state index contributed by atoms with van der Waals surface area (Å²) in [5.74, 6) is 0. The van der Waals surface area contributed by atoms with Crippen LogP contribution in [0.15, 0.2) is 10.7 Å². The second-order valence-electron chi connectivity index (χ2n) is 5.23. The predicted molar refractivity (Wildman–Crippen MR) is 80.2 cm³/mol. The van der Waals surface area contributed by atoms with Crippen molar-refractivity contribution in [3.05, 3.63) is 16.4 Å². The second kappa shape index (κ2) is 6.86. The van der Waals surface area contributed by atoms with Gasteiger partial charge in [0, 0.05) is 7.11 Å². The lowest BCUT2D eigenvalue weighted by Gasteiger charge is -2.34. The van der Waals surface area contributed by atoms with Gasteiger partial charge in [-0.15, -0.1) is 0 Å². The van der Waals surface area contributed by atoms with Crippen molar-refractivity contribution in [3.8, 4) is 0 Å². The van der Waals surface area contributed by atoms with Gasteiger partial charge in [0.05, 0.1) is 35.1 Å². The van der Waals surface area contributed by atoms with Crippen molar-refractivity contribution in [2.75, 3.05) is 20.3 Å². The van der Waals surface area contributed by atoms with Crippen LogP contribution in [0.4, 0.5) is 0 Å². The second-order valence-corrected chi connectivity index (χ2v) is 6.08. The molecule has 0 saturated carbocycles. The van der Waals surface area contributed by atoms with Gasteiger partial charge in [-0.25, -0.2) is 0 Å². The molecular weight excluding hydrogens is 306 g/mol. The molecule has 1 aromatic rings. The lowest BCUT2D eigenvalue weighted by molar-refractivity contribution is 0.177. The van der Waals surface area contributed by atoms with Gasteiger partial charge >= 0.3 is 0 Å². The third-order valence-corrected chi connectivity index (χ3v) is 4.68. The van der Waals surface area contributed by atoms with Crippen LogP contribution in [-0.4, -0.2) is 30.0 Å². The Morgan fingerprint density at radius 3 is 3.05 bits per heavy atom. The molecule has 1 aromatic heterocycles. The summed E-state index contributed by atoms with van der Waals surface area (Å²) in [5, 5.41) is 8.28. The molecule has 0 bridgehead atoms. The Morgan fingerprint density at radius 2 is 2.32 bits per heavy atom. The molecule has 1 fully saturated rings. The molecule has 5 heteroatoms. The highest BCUT2D eigenvalue weighted by Gasteiger charge is 2.35. The van der Waals surface area contributed by atoms with Crippen LogP contribution in [0.1, 0.15) is 44.7 Å². The van der Waals surface area contributed by atoms with Crippen LogP contribution in [0, 0.1) is 0 Å². The molecule has 2 heterocycles. The number of ether oxygens (including phenoxy) is 1. The first-order chi connectivity index (χ1) is 9.23. The molecule has 0 amide bonds. The molecule has 1 N–H and O–H groups in total. The van der Waals surface area contributed by atoms with E-state index in [1.807, 2.05) is 6.20 Å². The summed E-state index contributed by atoms with van der Waals surface area (Å²) >= 11 is 3.68. The van der Waals surface area contributed by atoms with Gasteiger partial charge in [-0.1, -0.05) is 19.8 Å². The topological polar surface area (TPSA) is 39.1 Å². The molecule has 1 atom stereocenters. The minimum Gasteiger partial charge on any atom is -0.383 e. The lowest BCUT2D eigenvalue weighted by atomic mass is 9.87. The summed E-state index contributed by atoms with van der Waals surface area (Å²) in [5.41, 5.74) is 1.34.